The number of nitrogens with one attached hydrogen (secondary N) is 1. The zero-order valence-corrected chi connectivity index (χ0v) is 19.2. The molecule has 2 aromatic rings. The second-order valence-corrected chi connectivity index (χ2v) is 8.49. The largest absolute Gasteiger partial charge is 0.497 e. The van der Waals surface area contributed by atoms with Gasteiger partial charge in [0.1, 0.15) is 5.75 Å². The number of carbonyl (C=O) groups excluding carboxylic acids is 1. The minimum Gasteiger partial charge on any atom is -0.497 e. The third kappa shape index (κ3) is 7.11. The van der Waals surface area contributed by atoms with E-state index in [0.717, 1.165) is 55.8 Å². The van der Waals surface area contributed by atoms with Crippen LogP contribution in [0.15, 0.2) is 53.0 Å². The van der Waals surface area contributed by atoms with Crippen LogP contribution >= 0.6 is 15.9 Å². The molecule has 1 saturated heterocycles. The molecule has 1 fully saturated rings. The van der Waals surface area contributed by atoms with Gasteiger partial charge in [-0.1, -0.05) is 40.2 Å². The molecule has 1 N–H and O–H groups in total. The van der Waals surface area contributed by atoms with E-state index in [0.29, 0.717) is 13.0 Å². The Hall–Kier alpha value is -1.89. The summed E-state index contributed by atoms with van der Waals surface area (Å²) < 4.78 is 11.9. The standard InChI is InChI=1S/C24H31BrN2O3/c1-29-22-12-8-20(9-13-22)23(27-14-16-30-17-15-27)18-26-24(28)5-3-2-4-19-6-10-21(25)11-7-19/h6-13,23H,2-5,14-18H2,1H3,(H,26,28). The summed E-state index contributed by atoms with van der Waals surface area (Å²) in [5.41, 5.74) is 2.50. The Bertz CT molecular complexity index is 774. The van der Waals surface area contributed by atoms with Gasteiger partial charge in [-0.3, -0.25) is 9.69 Å². The number of ether oxygens (including phenoxy) is 2. The molecule has 30 heavy (non-hydrogen) atoms. The average Bonchev–Trinajstić information content (AvgIpc) is 2.79. The number of hydrogen-bond acceptors (Lipinski definition) is 4. The van der Waals surface area contributed by atoms with Gasteiger partial charge >= 0.3 is 0 Å². The number of benzene rings is 2. The van der Waals surface area contributed by atoms with E-state index in [9.17, 15) is 4.79 Å². The van der Waals surface area contributed by atoms with Crippen LogP contribution in [0.1, 0.15) is 36.4 Å². The summed E-state index contributed by atoms with van der Waals surface area (Å²) in [5, 5.41) is 3.15. The van der Waals surface area contributed by atoms with E-state index in [-0.39, 0.29) is 11.9 Å². The Morgan fingerprint density at radius 3 is 2.47 bits per heavy atom. The molecule has 1 atom stereocenters. The number of hydrogen-bond donors (Lipinski definition) is 1. The number of aryl methyl sites for hydroxylation is 1. The zero-order valence-electron chi connectivity index (χ0n) is 17.6. The van der Waals surface area contributed by atoms with Crippen LogP contribution < -0.4 is 10.1 Å². The number of unbranched alkanes of at least 4 members (excludes halogenated alkanes) is 1. The first kappa shape index (κ1) is 22.8. The molecule has 5 nitrogen and oxygen atoms in total. The second-order valence-electron chi connectivity index (χ2n) is 7.57. The van der Waals surface area contributed by atoms with E-state index in [1.54, 1.807) is 7.11 Å². The minimum atomic E-state index is 0.123. The van der Waals surface area contributed by atoms with Crippen LogP contribution in [0.4, 0.5) is 0 Å². The maximum atomic E-state index is 12.4. The lowest BCUT2D eigenvalue weighted by Gasteiger charge is -2.35. The van der Waals surface area contributed by atoms with Gasteiger partial charge in [0.05, 0.1) is 26.4 Å². The topological polar surface area (TPSA) is 50.8 Å². The third-order valence-electron chi connectivity index (χ3n) is 5.51. The maximum Gasteiger partial charge on any atom is 0.220 e. The molecule has 1 amide bonds. The fraction of sp³-hybridized carbons (Fsp3) is 0.458. The molecule has 1 unspecified atom stereocenters. The molecule has 162 valence electrons. The molecule has 1 aliphatic heterocycles. The van der Waals surface area contributed by atoms with Crippen molar-refractivity contribution >= 4 is 21.8 Å². The zero-order chi connectivity index (χ0) is 21.2. The van der Waals surface area contributed by atoms with Crippen molar-refractivity contribution in [1.29, 1.82) is 0 Å². The third-order valence-corrected chi connectivity index (χ3v) is 6.04. The summed E-state index contributed by atoms with van der Waals surface area (Å²) in [7, 11) is 1.67. The summed E-state index contributed by atoms with van der Waals surface area (Å²) in [6, 6.07) is 16.7. The van der Waals surface area contributed by atoms with Gasteiger partial charge in [0, 0.05) is 30.5 Å². The lowest BCUT2D eigenvalue weighted by atomic mass is 10.0. The van der Waals surface area contributed by atoms with Crippen molar-refractivity contribution in [3.63, 3.8) is 0 Å². The number of halogens is 1. The van der Waals surface area contributed by atoms with Crippen molar-refractivity contribution < 1.29 is 14.3 Å². The van der Waals surface area contributed by atoms with E-state index < -0.39 is 0 Å². The molecule has 1 heterocycles. The van der Waals surface area contributed by atoms with Crippen molar-refractivity contribution in [3.05, 3.63) is 64.1 Å². The monoisotopic (exact) mass is 474 g/mol. The van der Waals surface area contributed by atoms with Crippen LogP contribution in [0, 0.1) is 0 Å². The van der Waals surface area contributed by atoms with Crippen LogP contribution in [-0.4, -0.2) is 50.8 Å². The highest BCUT2D eigenvalue weighted by molar-refractivity contribution is 9.10. The summed E-state index contributed by atoms with van der Waals surface area (Å²) in [6.45, 7) is 3.82. The lowest BCUT2D eigenvalue weighted by Crippen LogP contribution is -2.43. The van der Waals surface area contributed by atoms with Gasteiger partial charge in [0.2, 0.25) is 5.91 Å². The SMILES string of the molecule is COc1ccc(C(CNC(=O)CCCCc2ccc(Br)cc2)N2CCOCC2)cc1. The molecule has 0 aliphatic carbocycles. The summed E-state index contributed by atoms with van der Waals surface area (Å²) >= 11 is 3.46. The van der Waals surface area contributed by atoms with Crippen molar-refractivity contribution in [1.82, 2.24) is 10.2 Å². The van der Waals surface area contributed by atoms with E-state index in [4.69, 9.17) is 9.47 Å². The maximum absolute atomic E-state index is 12.4. The molecule has 0 spiro atoms. The highest BCUT2D eigenvalue weighted by Crippen LogP contribution is 2.23. The number of carbonyl (C=O) groups is 1. The minimum absolute atomic E-state index is 0.123. The first-order chi connectivity index (χ1) is 14.7. The van der Waals surface area contributed by atoms with Crippen molar-refractivity contribution in [3.8, 4) is 5.75 Å². The van der Waals surface area contributed by atoms with Gasteiger partial charge in [-0.15, -0.1) is 0 Å². The Balaban J connectivity index is 1.47. The molecule has 1 aliphatic rings. The highest BCUT2D eigenvalue weighted by Gasteiger charge is 2.23. The summed E-state index contributed by atoms with van der Waals surface area (Å²) in [6.07, 6.45) is 3.48. The number of morpholine rings is 1. The van der Waals surface area contributed by atoms with Gasteiger partial charge < -0.3 is 14.8 Å². The van der Waals surface area contributed by atoms with E-state index in [1.807, 2.05) is 12.1 Å². The van der Waals surface area contributed by atoms with E-state index >= 15 is 0 Å². The van der Waals surface area contributed by atoms with E-state index in [1.165, 1.54) is 11.1 Å². The Kier molecular flexibility index (Phi) is 9.18. The number of nitrogens with zero attached hydrogens (tertiary/aromatic N) is 1. The predicted octanol–water partition coefficient (Wildman–Crippen LogP) is 4.36. The van der Waals surface area contributed by atoms with Crippen LogP contribution in [0.5, 0.6) is 5.75 Å². The van der Waals surface area contributed by atoms with Gasteiger partial charge in [-0.25, -0.2) is 0 Å². The summed E-state index contributed by atoms with van der Waals surface area (Å²) in [5.74, 6) is 0.965. The van der Waals surface area contributed by atoms with Crippen molar-refractivity contribution in [2.75, 3.05) is 40.0 Å². The van der Waals surface area contributed by atoms with Gasteiger partial charge in [0.25, 0.3) is 0 Å². The Labute approximate surface area is 187 Å². The fourth-order valence-corrected chi connectivity index (χ4v) is 4.00. The van der Waals surface area contributed by atoms with Crippen LogP contribution in [0.3, 0.4) is 0 Å². The smallest absolute Gasteiger partial charge is 0.220 e. The molecular formula is C24H31BrN2O3. The Morgan fingerprint density at radius 1 is 1.10 bits per heavy atom. The van der Waals surface area contributed by atoms with Crippen LogP contribution in [0.25, 0.3) is 0 Å². The number of amides is 1. The van der Waals surface area contributed by atoms with Crippen LogP contribution in [-0.2, 0) is 16.0 Å². The first-order valence-electron chi connectivity index (χ1n) is 10.6. The second kappa shape index (κ2) is 12.1. The van der Waals surface area contributed by atoms with E-state index in [2.05, 4.69) is 62.5 Å². The molecule has 2 aromatic carbocycles. The average molecular weight is 475 g/mol. The van der Waals surface area contributed by atoms with Gasteiger partial charge in [-0.05, 0) is 54.7 Å². The van der Waals surface area contributed by atoms with Gasteiger partial charge in [0.15, 0.2) is 0 Å². The molecule has 0 radical (unpaired) electrons. The number of rotatable bonds is 10. The van der Waals surface area contributed by atoms with Crippen molar-refractivity contribution in [2.45, 2.75) is 31.7 Å². The molecule has 0 saturated carbocycles. The highest BCUT2D eigenvalue weighted by atomic mass is 79.9. The summed E-state index contributed by atoms with van der Waals surface area (Å²) in [4.78, 5) is 14.8. The normalized spacial score (nSPS) is 15.5. The lowest BCUT2D eigenvalue weighted by molar-refractivity contribution is -0.121. The molecule has 6 heteroatoms. The molecule has 3 rings (SSSR count). The first-order valence-corrected chi connectivity index (χ1v) is 11.4. The molecule has 0 bridgehead atoms. The molecule has 0 aromatic heterocycles. The van der Waals surface area contributed by atoms with Crippen LogP contribution in [0.2, 0.25) is 0 Å². The van der Waals surface area contributed by atoms with Gasteiger partial charge in [-0.2, -0.15) is 0 Å². The molecular weight excluding hydrogens is 444 g/mol. The predicted molar refractivity (Wildman–Crippen MR) is 123 cm³/mol. The van der Waals surface area contributed by atoms with Crippen molar-refractivity contribution in [2.24, 2.45) is 0 Å². The fourth-order valence-electron chi connectivity index (χ4n) is 3.74. The quantitative estimate of drug-likeness (QED) is 0.519. The Morgan fingerprint density at radius 2 is 1.80 bits per heavy atom. The number of methoxy groups -OCH3 is 1.